The number of para-hydroxylation sites is 1. The van der Waals surface area contributed by atoms with Gasteiger partial charge in [-0.05, 0) is 25.5 Å². The summed E-state index contributed by atoms with van der Waals surface area (Å²) in [5.74, 6) is -0.109. The van der Waals surface area contributed by atoms with Gasteiger partial charge in [0.25, 0.3) is 11.8 Å². The standard InChI is InChI=1S/C20H22N4O3/c1-15-17(9-21-14-22-15)19(26)23-8-7-20(11-23)12-24(18(25)10-27-13-20)16-5-3-2-4-6-16/h2-6,9,14H,7-8,10-13H2,1H3. The van der Waals surface area contributed by atoms with E-state index in [-0.39, 0.29) is 23.8 Å². The molecule has 7 heteroatoms. The molecule has 1 unspecified atom stereocenters. The maximum atomic E-state index is 12.9. The maximum Gasteiger partial charge on any atom is 0.257 e. The van der Waals surface area contributed by atoms with E-state index in [0.29, 0.717) is 37.5 Å². The lowest BCUT2D eigenvalue weighted by Crippen LogP contribution is -2.43. The highest BCUT2D eigenvalue weighted by molar-refractivity contribution is 5.96. The molecule has 2 fully saturated rings. The summed E-state index contributed by atoms with van der Waals surface area (Å²) in [6.45, 7) is 4.08. The molecule has 2 aromatic rings. The smallest absolute Gasteiger partial charge is 0.257 e. The van der Waals surface area contributed by atoms with Gasteiger partial charge < -0.3 is 14.5 Å². The molecule has 2 amide bonds. The zero-order valence-electron chi connectivity index (χ0n) is 15.3. The van der Waals surface area contributed by atoms with Crippen LogP contribution in [0.1, 0.15) is 22.5 Å². The molecule has 4 rings (SSSR count). The quantitative estimate of drug-likeness (QED) is 0.808. The Labute approximate surface area is 158 Å². The molecule has 27 heavy (non-hydrogen) atoms. The lowest BCUT2D eigenvalue weighted by Gasteiger charge is -2.32. The number of carbonyl (C=O) groups is 2. The number of hydrogen-bond donors (Lipinski definition) is 0. The number of carbonyl (C=O) groups excluding carboxylic acids is 2. The number of anilines is 1. The molecule has 0 N–H and O–H groups in total. The van der Waals surface area contributed by atoms with Crippen LogP contribution in [0.15, 0.2) is 42.9 Å². The van der Waals surface area contributed by atoms with Crippen molar-refractivity contribution in [2.24, 2.45) is 5.41 Å². The van der Waals surface area contributed by atoms with Gasteiger partial charge in [0.05, 0.1) is 17.9 Å². The normalized spacial score (nSPS) is 22.9. The van der Waals surface area contributed by atoms with Gasteiger partial charge in [-0.3, -0.25) is 9.59 Å². The highest BCUT2D eigenvalue weighted by Gasteiger charge is 2.44. The molecule has 140 valence electrons. The molecule has 2 aliphatic rings. The van der Waals surface area contributed by atoms with Crippen molar-refractivity contribution in [3.63, 3.8) is 0 Å². The van der Waals surface area contributed by atoms with Crippen molar-refractivity contribution in [3.8, 4) is 0 Å². The molecule has 1 aromatic carbocycles. The van der Waals surface area contributed by atoms with E-state index < -0.39 is 0 Å². The van der Waals surface area contributed by atoms with Gasteiger partial charge in [-0.1, -0.05) is 18.2 Å². The van der Waals surface area contributed by atoms with Crippen molar-refractivity contribution in [2.45, 2.75) is 13.3 Å². The van der Waals surface area contributed by atoms with E-state index in [2.05, 4.69) is 9.97 Å². The van der Waals surface area contributed by atoms with Crippen LogP contribution in [0.5, 0.6) is 0 Å². The van der Waals surface area contributed by atoms with E-state index >= 15 is 0 Å². The van der Waals surface area contributed by atoms with Crippen LogP contribution >= 0.6 is 0 Å². The molecule has 2 aliphatic heterocycles. The predicted octanol–water partition coefficient (Wildman–Crippen LogP) is 1.68. The second-order valence-electron chi connectivity index (χ2n) is 7.31. The predicted molar refractivity (Wildman–Crippen MR) is 99.3 cm³/mol. The number of aromatic nitrogens is 2. The Morgan fingerprint density at radius 3 is 2.81 bits per heavy atom. The fraction of sp³-hybridized carbons (Fsp3) is 0.400. The highest BCUT2D eigenvalue weighted by atomic mass is 16.5. The third-order valence-electron chi connectivity index (χ3n) is 5.36. The first-order valence-electron chi connectivity index (χ1n) is 9.07. The van der Waals surface area contributed by atoms with Crippen molar-refractivity contribution in [2.75, 3.05) is 37.7 Å². The van der Waals surface area contributed by atoms with Gasteiger partial charge in [0.1, 0.15) is 12.9 Å². The largest absolute Gasteiger partial charge is 0.371 e. The van der Waals surface area contributed by atoms with Gasteiger partial charge >= 0.3 is 0 Å². The molecule has 1 aromatic heterocycles. The number of hydrogen-bond acceptors (Lipinski definition) is 5. The molecule has 0 radical (unpaired) electrons. The van der Waals surface area contributed by atoms with Crippen LogP contribution in [0, 0.1) is 12.3 Å². The molecule has 3 heterocycles. The summed E-state index contributed by atoms with van der Waals surface area (Å²) in [6.07, 6.45) is 3.81. The van der Waals surface area contributed by atoms with Crippen LogP contribution in [-0.4, -0.2) is 59.5 Å². The molecular weight excluding hydrogens is 344 g/mol. The number of rotatable bonds is 2. The van der Waals surface area contributed by atoms with E-state index in [9.17, 15) is 9.59 Å². The fourth-order valence-corrected chi connectivity index (χ4v) is 3.87. The molecule has 0 aliphatic carbocycles. The van der Waals surface area contributed by atoms with E-state index in [4.69, 9.17) is 4.74 Å². The van der Waals surface area contributed by atoms with Crippen molar-refractivity contribution in [1.82, 2.24) is 14.9 Å². The highest BCUT2D eigenvalue weighted by Crippen LogP contribution is 2.36. The number of benzene rings is 1. The van der Waals surface area contributed by atoms with Gasteiger partial charge in [0, 0.05) is 36.9 Å². The summed E-state index contributed by atoms with van der Waals surface area (Å²) in [5, 5.41) is 0. The summed E-state index contributed by atoms with van der Waals surface area (Å²) >= 11 is 0. The zero-order chi connectivity index (χ0) is 18.9. The number of ether oxygens (including phenoxy) is 1. The number of likely N-dealkylation sites (tertiary alicyclic amines) is 1. The van der Waals surface area contributed by atoms with Gasteiger partial charge in [0.2, 0.25) is 0 Å². The third kappa shape index (κ3) is 3.42. The van der Waals surface area contributed by atoms with Gasteiger partial charge in [-0.15, -0.1) is 0 Å². The summed E-state index contributed by atoms with van der Waals surface area (Å²) in [4.78, 5) is 37.2. The molecular formula is C20H22N4O3. The maximum absolute atomic E-state index is 12.9. The van der Waals surface area contributed by atoms with E-state index in [1.54, 1.807) is 11.1 Å². The van der Waals surface area contributed by atoms with Gasteiger partial charge in [0.15, 0.2) is 0 Å². The third-order valence-corrected chi connectivity index (χ3v) is 5.36. The lowest BCUT2D eigenvalue weighted by molar-refractivity contribution is -0.122. The minimum atomic E-state index is -0.263. The Morgan fingerprint density at radius 1 is 1.22 bits per heavy atom. The second-order valence-corrected chi connectivity index (χ2v) is 7.31. The topological polar surface area (TPSA) is 75.6 Å². The molecule has 1 spiro atoms. The Hall–Kier alpha value is -2.80. The number of nitrogens with zero attached hydrogens (tertiary/aromatic N) is 4. The molecule has 2 saturated heterocycles. The van der Waals surface area contributed by atoms with Crippen LogP contribution in [0.2, 0.25) is 0 Å². The molecule has 0 bridgehead atoms. The van der Waals surface area contributed by atoms with E-state index in [1.165, 1.54) is 6.33 Å². The van der Waals surface area contributed by atoms with Crippen molar-refractivity contribution >= 4 is 17.5 Å². The first-order chi connectivity index (χ1) is 13.1. The Kier molecular flexibility index (Phi) is 4.61. The van der Waals surface area contributed by atoms with E-state index in [0.717, 1.165) is 12.1 Å². The first-order valence-corrected chi connectivity index (χ1v) is 9.07. The minimum absolute atomic E-state index is 0.0462. The average Bonchev–Trinajstić information content (AvgIpc) is 3.03. The monoisotopic (exact) mass is 366 g/mol. The van der Waals surface area contributed by atoms with Gasteiger partial charge in [-0.25, -0.2) is 9.97 Å². The van der Waals surface area contributed by atoms with Gasteiger partial charge in [-0.2, -0.15) is 0 Å². The number of amides is 2. The van der Waals surface area contributed by atoms with Crippen molar-refractivity contribution in [1.29, 1.82) is 0 Å². The first kappa shape index (κ1) is 17.6. The summed E-state index contributed by atoms with van der Waals surface area (Å²) < 4.78 is 5.70. The Balaban J connectivity index is 1.56. The van der Waals surface area contributed by atoms with E-state index in [1.807, 2.05) is 42.2 Å². The van der Waals surface area contributed by atoms with Crippen LogP contribution < -0.4 is 4.90 Å². The summed E-state index contributed by atoms with van der Waals surface area (Å²) in [6, 6.07) is 9.63. The molecule has 0 saturated carbocycles. The van der Waals surface area contributed by atoms with Crippen LogP contribution in [-0.2, 0) is 9.53 Å². The SMILES string of the molecule is Cc1ncncc1C(=O)N1CCC2(COCC(=O)N(c3ccccc3)C2)C1. The number of aryl methyl sites for hydroxylation is 1. The Morgan fingerprint density at radius 2 is 2.04 bits per heavy atom. The lowest BCUT2D eigenvalue weighted by atomic mass is 9.87. The van der Waals surface area contributed by atoms with Crippen LogP contribution in [0.4, 0.5) is 5.69 Å². The van der Waals surface area contributed by atoms with Crippen molar-refractivity contribution in [3.05, 3.63) is 54.1 Å². The average molecular weight is 366 g/mol. The van der Waals surface area contributed by atoms with Crippen LogP contribution in [0.3, 0.4) is 0 Å². The minimum Gasteiger partial charge on any atom is -0.371 e. The summed E-state index contributed by atoms with van der Waals surface area (Å²) in [7, 11) is 0. The second kappa shape index (κ2) is 7.08. The molecule has 7 nitrogen and oxygen atoms in total. The van der Waals surface area contributed by atoms with Crippen LogP contribution in [0.25, 0.3) is 0 Å². The zero-order valence-corrected chi connectivity index (χ0v) is 15.3. The fourth-order valence-electron chi connectivity index (χ4n) is 3.87. The molecule has 1 atom stereocenters. The van der Waals surface area contributed by atoms with Crippen molar-refractivity contribution < 1.29 is 14.3 Å². The summed E-state index contributed by atoms with van der Waals surface area (Å²) in [5.41, 5.74) is 1.81. The Bertz CT molecular complexity index is 857.